The molecule has 0 aromatic carbocycles. The maximum Gasteiger partial charge on any atom is 0.329 e. The molecule has 0 fully saturated rings. The first-order valence-electron chi connectivity index (χ1n) is 16.5. The van der Waals surface area contributed by atoms with Crippen LogP contribution in [0.1, 0.15) is 39.0 Å². The number of ether oxygens (including phenoxy) is 11. The van der Waals surface area contributed by atoms with Crippen molar-refractivity contribution in [3.05, 3.63) is 0 Å². The summed E-state index contributed by atoms with van der Waals surface area (Å²) < 4.78 is 59.2. The zero-order valence-electron chi connectivity index (χ0n) is 28.1. The van der Waals surface area contributed by atoms with Gasteiger partial charge in [-0.15, -0.1) is 0 Å². The molecule has 0 unspecified atom stereocenters. The van der Waals surface area contributed by atoms with Crippen molar-refractivity contribution in [2.75, 3.05) is 152 Å². The van der Waals surface area contributed by atoms with Crippen LogP contribution in [0.15, 0.2) is 0 Å². The van der Waals surface area contributed by atoms with Crippen molar-refractivity contribution in [3.8, 4) is 0 Å². The second-order valence-corrected chi connectivity index (χ2v) is 9.77. The van der Waals surface area contributed by atoms with Crippen LogP contribution in [0, 0.1) is 0 Å². The maximum absolute atomic E-state index is 11.4. The average Bonchev–Trinajstić information content (AvgIpc) is 3.04. The van der Waals surface area contributed by atoms with Crippen LogP contribution in [0.5, 0.6) is 0 Å². The Bertz CT molecular complexity index is 632. The van der Waals surface area contributed by atoms with Gasteiger partial charge in [-0.3, -0.25) is 4.79 Å². The number of rotatable bonds is 40. The third-order valence-electron chi connectivity index (χ3n) is 5.77. The van der Waals surface area contributed by atoms with Gasteiger partial charge in [-0.05, 0) is 6.42 Å². The SMILES string of the molecule is CCCCCCCOCCOCCOCCOCCOCCOCCOCCOCCOCCOCCNC(=O)COCC(=O)O. The molecule has 0 aliphatic carbocycles. The van der Waals surface area contributed by atoms with Crippen molar-refractivity contribution >= 4 is 11.9 Å². The van der Waals surface area contributed by atoms with Crippen LogP contribution in [-0.2, 0) is 61.7 Å². The van der Waals surface area contributed by atoms with E-state index in [4.69, 9.17) is 52.5 Å². The van der Waals surface area contributed by atoms with Gasteiger partial charge < -0.3 is 62.5 Å². The molecule has 0 aromatic rings. The highest BCUT2D eigenvalue weighted by molar-refractivity contribution is 5.77. The fourth-order valence-corrected chi connectivity index (χ4v) is 3.43. The summed E-state index contributed by atoms with van der Waals surface area (Å²) in [5, 5.41) is 11.0. The third-order valence-corrected chi connectivity index (χ3v) is 5.77. The summed E-state index contributed by atoms with van der Waals surface area (Å²) in [6.07, 6.45) is 6.24. The molecule has 1 amide bonds. The largest absolute Gasteiger partial charge is 0.480 e. The number of amides is 1. The van der Waals surface area contributed by atoms with Crippen LogP contribution in [0.4, 0.5) is 0 Å². The Morgan fingerprint density at radius 1 is 0.413 bits per heavy atom. The average molecular weight is 672 g/mol. The Balaban J connectivity index is 3.08. The van der Waals surface area contributed by atoms with E-state index in [0.717, 1.165) is 13.0 Å². The first kappa shape index (κ1) is 44.5. The maximum atomic E-state index is 11.4. The predicted molar refractivity (Wildman–Crippen MR) is 168 cm³/mol. The molecular formula is C31H61NO14. The van der Waals surface area contributed by atoms with E-state index >= 15 is 0 Å². The van der Waals surface area contributed by atoms with E-state index < -0.39 is 18.5 Å². The summed E-state index contributed by atoms with van der Waals surface area (Å²) in [7, 11) is 0. The molecule has 0 saturated heterocycles. The van der Waals surface area contributed by atoms with Crippen LogP contribution >= 0.6 is 0 Å². The Morgan fingerprint density at radius 3 is 1.09 bits per heavy atom. The van der Waals surface area contributed by atoms with E-state index in [0.29, 0.717) is 132 Å². The van der Waals surface area contributed by atoms with Gasteiger partial charge in [-0.1, -0.05) is 32.6 Å². The Kier molecular flexibility index (Phi) is 38.4. The lowest BCUT2D eigenvalue weighted by Crippen LogP contribution is -2.31. The van der Waals surface area contributed by atoms with Gasteiger partial charge in [0.25, 0.3) is 0 Å². The van der Waals surface area contributed by atoms with E-state index in [1.54, 1.807) is 0 Å². The lowest BCUT2D eigenvalue weighted by molar-refractivity contribution is -0.143. The smallest absolute Gasteiger partial charge is 0.329 e. The predicted octanol–water partition coefficient (Wildman–Crippen LogP) is 1.34. The highest BCUT2D eigenvalue weighted by Gasteiger charge is 2.03. The summed E-state index contributed by atoms with van der Waals surface area (Å²) in [6.45, 7) is 11.8. The van der Waals surface area contributed by atoms with Crippen molar-refractivity contribution in [1.29, 1.82) is 0 Å². The van der Waals surface area contributed by atoms with Gasteiger partial charge in [0.05, 0.1) is 126 Å². The molecular weight excluding hydrogens is 610 g/mol. The first-order chi connectivity index (χ1) is 22.7. The second kappa shape index (κ2) is 39.7. The molecule has 0 bridgehead atoms. The fourth-order valence-electron chi connectivity index (χ4n) is 3.43. The number of carbonyl (C=O) groups excluding carboxylic acids is 1. The normalized spacial score (nSPS) is 11.3. The van der Waals surface area contributed by atoms with Gasteiger partial charge in [0.1, 0.15) is 13.2 Å². The van der Waals surface area contributed by atoms with E-state index in [2.05, 4.69) is 17.0 Å². The van der Waals surface area contributed by atoms with Crippen LogP contribution in [0.25, 0.3) is 0 Å². The minimum atomic E-state index is -1.12. The number of carboxylic acids is 1. The van der Waals surface area contributed by atoms with Crippen molar-refractivity contribution in [1.82, 2.24) is 5.32 Å². The van der Waals surface area contributed by atoms with Crippen LogP contribution < -0.4 is 5.32 Å². The zero-order chi connectivity index (χ0) is 33.4. The van der Waals surface area contributed by atoms with Gasteiger partial charge >= 0.3 is 5.97 Å². The Labute approximate surface area is 275 Å². The van der Waals surface area contributed by atoms with E-state index in [1.165, 1.54) is 25.7 Å². The Morgan fingerprint density at radius 2 is 0.739 bits per heavy atom. The standard InChI is InChI=1S/C31H61NO14/c1-2-3-4-5-6-8-36-10-12-38-14-16-40-18-20-42-22-24-44-26-27-45-25-23-43-21-19-41-17-15-39-13-11-37-9-7-32-30(33)28-46-29-31(34)35/h2-29H2,1H3,(H,32,33)(H,34,35). The summed E-state index contributed by atoms with van der Waals surface area (Å²) >= 11 is 0. The number of nitrogens with one attached hydrogen (secondary N) is 1. The lowest BCUT2D eigenvalue weighted by atomic mass is 10.2. The van der Waals surface area contributed by atoms with E-state index in [1.807, 2.05) is 0 Å². The summed E-state index contributed by atoms with van der Waals surface area (Å²) in [5.41, 5.74) is 0. The van der Waals surface area contributed by atoms with Gasteiger partial charge in [0.15, 0.2) is 0 Å². The number of hydrogen-bond acceptors (Lipinski definition) is 13. The topological polar surface area (TPSA) is 168 Å². The molecule has 274 valence electrons. The van der Waals surface area contributed by atoms with Crippen LogP contribution in [0.2, 0.25) is 0 Å². The monoisotopic (exact) mass is 671 g/mol. The summed E-state index contributed by atoms with van der Waals surface area (Å²) in [5.74, 6) is -1.52. The van der Waals surface area contributed by atoms with Crippen LogP contribution in [-0.4, -0.2) is 169 Å². The molecule has 0 aliphatic rings. The molecule has 0 heterocycles. The van der Waals surface area contributed by atoms with E-state index in [9.17, 15) is 9.59 Å². The minimum Gasteiger partial charge on any atom is -0.480 e. The number of unbranched alkanes of at least 4 members (excludes halogenated alkanes) is 4. The van der Waals surface area contributed by atoms with Crippen molar-refractivity contribution in [2.45, 2.75) is 39.0 Å². The molecule has 0 radical (unpaired) electrons. The molecule has 0 saturated carbocycles. The molecule has 0 rings (SSSR count). The van der Waals surface area contributed by atoms with Gasteiger partial charge in [-0.25, -0.2) is 4.79 Å². The molecule has 15 heteroatoms. The fraction of sp³-hybridized carbons (Fsp3) is 0.935. The van der Waals surface area contributed by atoms with Crippen molar-refractivity contribution < 1.29 is 66.8 Å². The van der Waals surface area contributed by atoms with Crippen molar-refractivity contribution in [2.24, 2.45) is 0 Å². The summed E-state index contributed by atoms with van der Waals surface area (Å²) in [6, 6.07) is 0. The highest BCUT2D eigenvalue weighted by Crippen LogP contribution is 2.02. The molecule has 0 aromatic heterocycles. The molecule has 15 nitrogen and oxygen atoms in total. The van der Waals surface area contributed by atoms with Gasteiger partial charge in [0, 0.05) is 13.2 Å². The quantitative estimate of drug-likeness (QED) is 0.0896. The highest BCUT2D eigenvalue weighted by atomic mass is 16.6. The molecule has 0 spiro atoms. The van der Waals surface area contributed by atoms with Gasteiger partial charge in [-0.2, -0.15) is 0 Å². The van der Waals surface area contributed by atoms with E-state index in [-0.39, 0.29) is 6.61 Å². The number of aliphatic carboxylic acids is 1. The minimum absolute atomic E-state index is 0.299. The number of hydrogen-bond donors (Lipinski definition) is 2. The Hall–Kier alpha value is -1.50. The number of carbonyl (C=O) groups is 2. The van der Waals surface area contributed by atoms with Gasteiger partial charge in [0.2, 0.25) is 5.91 Å². The summed E-state index contributed by atoms with van der Waals surface area (Å²) in [4.78, 5) is 21.6. The number of carboxylic acid groups (broad SMARTS) is 1. The molecule has 0 aliphatic heterocycles. The molecule has 46 heavy (non-hydrogen) atoms. The molecule has 0 atom stereocenters. The first-order valence-corrected chi connectivity index (χ1v) is 16.5. The van der Waals surface area contributed by atoms with Crippen LogP contribution in [0.3, 0.4) is 0 Å². The lowest BCUT2D eigenvalue weighted by Gasteiger charge is -2.09. The third kappa shape index (κ3) is 40.5. The van der Waals surface area contributed by atoms with Crippen molar-refractivity contribution in [3.63, 3.8) is 0 Å². The zero-order valence-corrected chi connectivity index (χ0v) is 28.1. The second-order valence-electron chi connectivity index (χ2n) is 9.77. The molecule has 2 N–H and O–H groups in total.